The first-order valence-corrected chi connectivity index (χ1v) is 9.31. The lowest BCUT2D eigenvalue weighted by molar-refractivity contribution is -0.196. The van der Waals surface area contributed by atoms with E-state index in [0.29, 0.717) is 0 Å². The van der Waals surface area contributed by atoms with Gasteiger partial charge in [0.2, 0.25) is 0 Å². The van der Waals surface area contributed by atoms with E-state index in [0.717, 1.165) is 22.5 Å². The van der Waals surface area contributed by atoms with Crippen molar-refractivity contribution in [2.45, 2.75) is 24.7 Å². The lowest BCUT2D eigenvalue weighted by Crippen LogP contribution is -2.62. The number of amides is 2. The van der Waals surface area contributed by atoms with Crippen molar-refractivity contribution in [3.8, 4) is 0 Å². The number of furan rings is 1. The van der Waals surface area contributed by atoms with E-state index < -0.39 is 51.9 Å². The van der Waals surface area contributed by atoms with E-state index >= 15 is 0 Å². The second kappa shape index (κ2) is 7.55. The van der Waals surface area contributed by atoms with Crippen LogP contribution in [0, 0.1) is 0 Å². The highest BCUT2D eigenvalue weighted by Gasteiger charge is 2.68. The third kappa shape index (κ3) is 3.29. The molecular formula is C20H15F3N4O5. The third-order valence-electron chi connectivity index (χ3n) is 5.09. The molecule has 3 heterocycles. The Bertz CT molecular complexity index is 1300. The maximum absolute atomic E-state index is 14.3. The van der Waals surface area contributed by atoms with Crippen molar-refractivity contribution >= 4 is 17.6 Å². The van der Waals surface area contributed by atoms with Gasteiger partial charge in [-0.15, -0.1) is 0 Å². The fourth-order valence-electron chi connectivity index (χ4n) is 3.56. The predicted octanol–water partition coefficient (Wildman–Crippen LogP) is 1.51. The number of nitrogens with one attached hydrogen (secondary N) is 3. The van der Waals surface area contributed by atoms with Crippen molar-refractivity contribution in [2.75, 3.05) is 5.32 Å². The second-order valence-electron chi connectivity index (χ2n) is 7.00. The van der Waals surface area contributed by atoms with E-state index in [9.17, 15) is 32.3 Å². The normalized spacial score (nSPS) is 17.7. The number of carbonyl (C=O) groups excluding carboxylic acids is 2. The summed E-state index contributed by atoms with van der Waals surface area (Å²) in [4.78, 5) is 51.7. The topological polar surface area (TPSA) is 126 Å². The maximum Gasteiger partial charge on any atom is 0.425 e. The number of aromatic amines is 1. The van der Waals surface area contributed by atoms with Crippen LogP contribution in [0.15, 0.2) is 62.7 Å². The van der Waals surface area contributed by atoms with Crippen LogP contribution in [-0.2, 0) is 23.3 Å². The largest absolute Gasteiger partial charge is 0.459 e. The molecule has 3 N–H and O–H groups in total. The molecule has 4 rings (SSSR count). The van der Waals surface area contributed by atoms with Crippen molar-refractivity contribution in [1.82, 2.24) is 14.9 Å². The smallest absolute Gasteiger partial charge is 0.425 e. The summed E-state index contributed by atoms with van der Waals surface area (Å²) in [6, 6.07) is 11.1. The third-order valence-corrected chi connectivity index (χ3v) is 5.09. The second-order valence-corrected chi connectivity index (χ2v) is 7.00. The Morgan fingerprint density at radius 2 is 1.81 bits per heavy atom. The van der Waals surface area contributed by atoms with Crippen molar-refractivity contribution in [1.29, 1.82) is 0 Å². The number of anilines is 1. The minimum atomic E-state index is -5.42. The predicted molar refractivity (Wildman–Crippen MR) is 104 cm³/mol. The molecule has 166 valence electrons. The minimum Gasteiger partial charge on any atom is -0.459 e. The molecule has 3 aromatic rings. The van der Waals surface area contributed by atoms with E-state index in [1.54, 1.807) is 35.6 Å². The molecule has 1 aromatic carbocycles. The molecule has 2 aromatic heterocycles. The van der Waals surface area contributed by atoms with Crippen molar-refractivity contribution in [3.63, 3.8) is 0 Å². The molecule has 0 unspecified atom stereocenters. The van der Waals surface area contributed by atoms with E-state index in [-0.39, 0.29) is 13.0 Å². The van der Waals surface area contributed by atoms with Crippen LogP contribution < -0.4 is 21.9 Å². The fraction of sp³-hybridized carbons (Fsp3) is 0.200. The number of benzene rings is 1. The molecule has 1 aliphatic rings. The number of aromatic nitrogens is 2. The highest BCUT2D eigenvalue weighted by Crippen LogP contribution is 2.45. The van der Waals surface area contributed by atoms with Gasteiger partial charge in [-0.05, 0) is 24.1 Å². The van der Waals surface area contributed by atoms with Crippen LogP contribution in [0.3, 0.4) is 0 Å². The molecule has 0 fully saturated rings. The quantitative estimate of drug-likeness (QED) is 0.546. The van der Waals surface area contributed by atoms with Gasteiger partial charge in [-0.1, -0.05) is 30.3 Å². The van der Waals surface area contributed by atoms with Gasteiger partial charge in [0, 0.05) is 6.54 Å². The number of rotatable bonds is 5. The van der Waals surface area contributed by atoms with Gasteiger partial charge in [0.25, 0.3) is 22.9 Å². The summed E-state index contributed by atoms with van der Waals surface area (Å²) >= 11 is 0. The number of hydrogen-bond acceptors (Lipinski definition) is 5. The maximum atomic E-state index is 14.3. The van der Waals surface area contributed by atoms with E-state index in [2.05, 4.69) is 0 Å². The lowest BCUT2D eigenvalue weighted by Gasteiger charge is -2.29. The number of nitrogens with zero attached hydrogens (tertiary/aromatic N) is 1. The van der Waals surface area contributed by atoms with Crippen molar-refractivity contribution in [2.24, 2.45) is 0 Å². The summed E-state index contributed by atoms with van der Waals surface area (Å²) in [6.07, 6.45) is -4.13. The number of halogens is 3. The first-order chi connectivity index (χ1) is 15.1. The summed E-state index contributed by atoms with van der Waals surface area (Å²) in [5.41, 5.74) is -6.52. The number of aryl methyl sites for hydroxylation is 1. The Morgan fingerprint density at radius 3 is 2.44 bits per heavy atom. The Labute approximate surface area is 176 Å². The number of H-pyrrole nitrogens is 1. The Balaban J connectivity index is 1.84. The van der Waals surface area contributed by atoms with Gasteiger partial charge in [0.1, 0.15) is 11.4 Å². The summed E-state index contributed by atoms with van der Waals surface area (Å²) in [5.74, 6) is -4.21. The number of hydrogen-bond donors (Lipinski definition) is 3. The van der Waals surface area contributed by atoms with E-state index in [1.165, 1.54) is 6.07 Å². The van der Waals surface area contributed by atoms with Crippen LogP contribution in [0.5, 0.6) is 0 Å². The van der Waals surface area contributed by atoms with Crippen LogP contribution in [-0.4, -0.2) is 27.5 Å². The summed E-state index contributed by atoms with van der Waals surface area (Å²) < 4.78 is 48.4. The van der Waals surface area contributed by atoms with Gasteiger partial charge in [-0.25, -0.2) is 4.79 Å². The highest BCUT2D eigenvalue weighted by molar-refractivity contribution is 6.08. The van der Waals surface area contributed by atoms with E-state index in [1.807, 2.05) is 10.3 Å². The zero-order valence-corrected chi connectivity index (χ0v) is 16.2. The van der Waals surface area contributed by atoms with Gasteiger partial charge in [0.15, 0.2) is 5.76 Å². The average molecular weight is 448 g/mol. The van der Waals surface area contributed by atoms with Gasteiger partial charge in [0.05, 0.1) is 6.26 Å². The summed E-state index contributed by atoms with van der Waals surface area (Å²) in [7, 11) is 0. The summed E-state index contributed by atoms with van der Waals surface area (Å²) in [5, 5.41) is 3.57. The van der Waals surface area contributed by atoms with Gasteiger partial charge in [-0.2, -0.15) is 13.2 Å². The van der Waals surface area contributed by atoms with Crippen LogP contribution >= 0.6 is 0 Å². The molecule has 2 amide bonds. The average Bonchev–Trinajstić information content (AvgIpc) is 3.36. The first kappa shape index (κ1) is 21.2. The zero-order valence-electron chi connectivity index (χ0n) is 16.2. The van der Waals surface area contributed by atoms with Crippen LogP contribution in [0.1, 0.15) is 21.7 Å². The molecule has 32 heavy (non-hydrogen) atoms. The monoisotopic (exact) mass is 448 g/mol. The highest BCUT2D eigenvalue weighted by atomic mass is 19.4. The zero-order chi connectivity index (χ0) is 23.1. The van der Waals surface area contributed by atoms with Gasteiger partial charge < -0.3 is 15.1 Å². The molecule has 9 nitrogen and oxygen atoms in total. The molecule has 0 saturated heterocycles. The lowest BCUT2D eigenvalue weighted by atomic mass is 9.91. The van der Waals surface area contributed by atoms with Crippen LogP contribution in [0.2, 0.25) is 0 Å². The number of alkyl halides is 3. The molecular weight excluding hydrogens is 433 g/mol. The standard InChI is InChI=1S/C20H15F3N4O5/c21-20(22,23)19(26-15(28)12-7-4-10-32-12)13-14(24-17(19)30)27(18(31)25-16(13)29)9-8-11-5-2-1-3-6-11/h1-7,10H,8-9H2,(H,24,30)(H,26,28)(H,25,29,31)/t19-/m1/s1. The molecule has 0 radical (unpaired) electrons. The Morgan fingerprint density at radius 1 is 1.09 bits per heavy atom. The van der Waals surface area contributed by atoms with Crippen LogP contribution in [0.4, 0.5) is 19.0 Å². The summed E-state index contributed by atoms with van der Waals surface area (Å²) in [6.45, 7) is -0.137. The molecule has 0 spiro atoms. The fourth-order valence-corrected chi connectivity index (χ4v) is 3.56. The minimum absolute atomic E-state index is 0.137. The Hall–Kier alpha value is -4.09. The SMILES string of the molecule is O=C(N[C@@]1(C(F)(F)F)C(=O)Nc2c1c(=O)[nH]c(=O)n2CCc1ccccc1)c1ccco1. The first-order valence-electron chi connectivity index (χ1n) is 9.31. The molecule has 12 heteroatoms. The number of fused-ring (bicyclic) bond motifs is 1. The van der Waals surface area contributed by atoms with E-state index in [4.69, 9.17) is 4.42 Å². The van der Waals surface area contributed by atoms with Gasteiger partial charge >= 0.3 is 11.9 Å². The van der Waals surface area contributed by atoms with Crippen LogP contribution in [0.25, 0.3) is 0 Å². The van der Waals surface area contributed by atoms with Crippen molar-refractivity contribution < 1.29 is 27.2 Å². The molecule has 0 saturated carbocycles. The molecule has 0 aliphatic carbocycles. The van der Waals surface area contributed by atoms with Crippen molar-refractivity contribution in [3.05, 3.63) is 86.5 Å². The molecule has 0 bridgehead atoms. The molecule has 1 aliphatic heterocycles. The van der Waals surface area contributed by atoms with Gasteiger partial charge in [-0.3, -0.25) is 23.9 Å². The Kier molecular flexibility index (Phi) is 4.99. The number of carbonyl (C=O) groups is 2. The molecule has 1 atom stereocenters.